The number of fused-ring (bicyclic) bond motifs is 1. The number of carbonyl (C=O) groups is 2. The lowest BCUT2D eigenvalue weighted by atomic mass is 10.0. The SMILES string of the molecule is N#Cc1ccc(Cn2cncc2C(Nc2ccc3sc(C(=O)NCCc4ccccn4)cc3c2)C(=O)c2cccc(Cl)c2)cc1. The van der Waals surface area contributed by atoms with Crippen molar-refractivity contribution in [3.63, 3.8) is 0 Å². The second-order valence-electron chi connectivity index (χ2n) is 10.4. The number of benzene rings is 3. The minimum absolute atomic E-state index is 0.137. The molecule has 6 rings (SSSR count). The van der Waals surface area contributed by atoms with Gasteiger partial charge in [-0.25, -0.2) is 4.98 Å². The van der Waals surface area contributed by atoms with Gasteiger partial charge in [-0.1, -0.05) is 41.9 Å². The van der Waals surface area contributed by atoms with Crippen molar-refractivity contribution < 1.29 is 9.59 Å². The number of rotatable bonds is 11. The van der Waals surface area contributed by atoms with Gasteiger partial charge in [0.25, 0.3) is 5.91 Å². The summed E-state index contributed by atoms with van der Waals surface area (Å²) < 4.78 is 2.87. The van der Waals surface area contributed by atoms with Crippen LogP contribution in [0.5, 0.6) is 0 Å². The summed E-state index contributed by atoms with van der Waals surface area (Å²) in [5, 5.41) is 16.9. The molecule has 0 aliphatic carbocycles. The van der Waals surface area contributed by atoms with Gasteiger partial charge >= 0.3 is 0 Å². The summed E-state index contributed by atoms with van der Waals surface area (Å²) in [6, 6.07) is 28.9. The van der Waals surface area contributed by atoms with E-state index in [-0.39, 0.29) is 11.7 Å². The lowest BCUT2D eigenvalue weighted by Crippen LogP contribution is -2.25. The zero-order valence-electron chi connectivity index (χ0n) is 24.0. The van der Waals surface area contributed by atoms with E-state index in [0.29, 0.717) is 51.9 Å². The molecule has 3 aromatic carbocycles. The molecule has 1 atom stereocenters. The Morgan fingerprint density at radius 2 is 1.87 bits per heavy atom. The number of carbonyl (C=O) groups excluding carboxylic acids is 2. The number of pyridine rings is 1. The van der Waals surface area contributed by atoms with E-state index < -0.39 is 6.04 Å². The second-order valence-corrected chi connectivity index (χ2v) is 11.9. The predicted octanol–water partition coefficient (Wildman–Crippen LogP) is 7.07. The van der Waals surface area contributed by atoms with Gasteiger partial charge in [-0.3, -0.25) is 14.6 Å². The molecule has 0 bridgehead atoms. The number of halogens is 1. The molecule has 2 N–H and O–H groups in total. The Morgan fingerprint density at radius 3 is 2.64 bits per heavy atom. The summed E-state index contributed by atoms with van der Waals surface area (Å²) in [6.07, 6.45) is 5.76. The average Bonchev–Trinajstić information content (AvgIpc) is 3.71. The maximum atomic E-state index is 14.0. The first kappa shape index (κ1) is 29.8. The van der Waals surface area contributed by atoms with Crippen LogP contribution in [-0.4, -0.2) is 32.8 Å². The van der Waals surface area contributed by atoms with Crippen LogP contribution in [0, 0.1) is 11.3 Å². The molecule has 222 valence electrons. The highest BCUT2D eigenvalue weighted by Crippen LogP contribution is 2.31. The van der Waals surface area contributed by atoms with Crippen molar-refractivity contribution in [3.8, 4) is 6.07 Å². The van der Waals surface area contributed by atoms with Crippen molar-refractivity contribution in [2.75, 3.05) is 11.9 Å². The Kier molecular flexibility index (Phi) is 8.96. The van der Waals surface area contributed by atoms with Crippen LogP contribution in [0.25, 0.3) is 10.1 Å². The molecule has 3 heterocycles. The highest BCUT2D eigenvalue weighted by Gasteiger charge is 2.26. The molecule has 6 aromatic rings. The molecule has 0 spiro atoms. The van der Waals surface area contributed by atoms with Crippen LogP contribution in [0.3, 0.4) is 0 Å². The maximum absolute atomic E-state index is 14.0. The molecule has 0 saturated carbocycles. The number of hydrogen-bond donors (Lipinski definition) is 2. The van der Waals surface area contributed by atoms with Crippen LogP contribution in [-0.2, 0) is 13.0 Å². The average molecular weight is 631 g/mol. The van der Waals surface area contributed by atoms with Gasteiger partial charge in [-0.2, -0.15) is 5.26 Å². The fourth-order valence-corrected chi connectivity index (χ4v) is 6.17. The Bertz CT molecular complexity index is 2010. The molecule has 45 heavy (non-hydrogen) atoms. The van der Waals surface area contributed by atoms with Gasteiger partial charge in [0.15, 0.2) is 5.78 Å². The fourth-order valence-electron chi connectivity index (χ4n) is 5.02. The Morgan fingerprint density at radius 1 is 1.00 bits per heavy atom. The molecule has 1 amide bonds. The molecule has 3 aromatic heterocycles. The third-order valence-corrected chi connectivity index (χ3v) is 8.64. The van der Waals surface area contributed by atoms with Gasteiger partial charge < -0.3 is 15.2 Å². The zero-order chi connectivity index (χ0) is 31.2. The molecule has 0 radical (unpaired) electrons. The number of nitrogens with zero attached hydrogens (tertiary/aromatic N) is 4. The van der Waals surface area contributed by atoms with E-state index >= 15 is 0 Å². The highest BCUT2D eigenvalue weighted by atomic mass is 35.5. The summed E-state index contributed by atoms with van der Waals surface area (Å²) in [7, 11) is 0. The standard InChI is InChI=1S/C35H27ClN6O2S/c36-27-5-3-4-25(16-27)34(43)33(30-20-38-22-42(30)21-24-9-7-23(19-37)8-10-24)41-29-11-12-31-26(17-29)18-32(45-31)35(44)40-15-13-28-6-1-2-14-39-28/h1-12,14,16-18,20,22,33,41H,13,15,21H2,(H,40,44). The van der Waals surface area contributed by atoms with E-state index in [1.54, 1.807) is 55.1 Å². The quantitative estimate of drug-likeness (QED) is 0.148. The van der Waals surface area contributed by atoms with Crippen molar-refractivity contribution in [3.05, 3.63) is 148 Å². The molecule has 0 aliphatic heterocycles. The number of thiophene rings is 1. The van der Waals surface area contributed by atoms with Crippen molar-refractivity contribution in [2.24, 2.45) is 0 Å². The van der Waals surface area contributed by atoms with Gasteiger partial charge in [-0.05, 0) is 71.6 Å². The van der Waals surface area contributed by atoms with Gasteiger partial charge in [0, 0.05) is 52.4 Å². The smallest absolute Gasteiger partial charge is 0.261 e. The van der Waals surface area contributed by atoms with E-state index in [1.165, 1.54) is 11.3 Å². The zero-order valence-corrected chi connectivity index (χ0v) is 25.6. The first-order valence-corrected chi connectivity index (χ1v) is 15.4. The summed E-state index contributed by atoms with van der Waals surface area (Å²) in [6.45, 7) is 0.949. The Balaban J connectivity index is 1.25. The van der Waals surface area contributed by atoms with E-state index in [2.05, 4.69) is 26.7 Å². The number of Topliss-reactive ketones (excluding diaryl/α,β-unsaturated/α-hetero) is 1. The molecule has 0 saturated heterocycles. The summed E-state index contributed by atoms with van der Waals surface area (Å²) in [4.78, 5) is 36.2. The molecule has 8 nitrogen and oxygen atoms in total. The van der Waals surface area contributed by atoms with Gasteiger partial charge in [0.1, 0.15) is 6.04 Å². The van der Waals surface area contributed by atoms with Crippen molar-refractivity contribution >= 4 is 50.4 Å². The number of anilines is 1. The van der Waals surface area contributed by atoms with E-state index in [0.717, 1.165) is 21.3 Å². The molecule has 0 aliphatic rings. The van der Waals surface area contributed by atoms with E-state index in [4.69, 9.17) is 16.9 Å². The number of nitriles is 1. The van der Waals surface area contributed by atoms with Crippen LogP contribution in [0.4, 0.5) is 5.69 Å². The number of amides is 1. The predicted molar refractivity (Wildman–Crippen MR) is 177 cm³/mol. The van der Waals surface area contributed by atoms with E-state index in [1.807, 2.05) is 59.2 Å². The summed E-state index contributed by atoms with van der Waals surface area (Å²) in [5.74, 6) is -0.306. The second kappa shape index (κ2) is 13.6. The van der Waals surface area contributed by atoms with Crippen LogP contribution >= 0.6 is 22.9 Å². The maximum Gasteiger partial charge on any atom is 0.261 e. The van der Waals surface area contributed by atoms with Crippen molar-refractivity contribution in [2.45, 2.75) is 19.0 Å². The lowest BCUT2D eigenvalue weighted by Gasteiger charge is -2.21. The van der Waals surface area contributed by atoms with Crippen molar-refractivity contribution in [1.82, 2.24) is 19.9 Å². The first-order valence-electron chi connectivity index (χ1n) is 14.2. The number of aromatic nitrogens is 3. The normalized spacial score (nSPS) is 11.6. The molecule has 1 unspecified atom stereocenters. The fraction of sp³-hybridized carbons (Fsp3) is 0.114. The minimum atomic E-state index is -0.783. The van der Waals surface area contributed by atoms with Gasteiger partial charge in [0.05, 0.1) is 34.7 Å². The Labute approximate surface area is 269 Å². The third kappa shape index (κ3) is 7.10. The third-order valence-electron chi connectivity index (χ3n) is 7.29. The largest absolute Gasteiger partial charge is 0.370 e. The number of hydrogen-bond acceptors (Lipinski definition) is 7. The lowest BCUT2D eigenvalue weighted by molar-refractivity contribution is 0.0953. The first-order chi connectivity index (χ1) is 22.0. The number of nitrogens with one attached hydrogen (secondary N) is 2. The molecule has 0 fully saturated rings. The summed E-state index contributed by atoms with van der Waals surface area (Å²) >= 11 is 7.67. The van der Waals surface area contributed by atoms with E-state index in [9.17, 15) is 9.59 Å². The number of imidazole rings is 1. The van der Waals surface area contributed by atoms with Crippen LogP contribution in [0.15, 0.2) is 110 Å². The molecule has 10 heteroatoms. The monoisotopic (exact) mass is 630 g/mol. The highest BCUT2D eigenvalue weighted by molar-refractivity contribution is 7.20. The minimum Gasteiger partial charge on any atom is -0.370 e. The number of ketones is 1. The molecular formula is C35H27ClN6O2S. The van der Waals surface area contributed by atoms with Crippen LogP contribution < -0.4 is 10.6 Å². The topological polar surface area (TPSA) is 113 Å². The van der Waals surface area contributed by atoms with Gasteiger partial charge in [0.2, 0.25) is 0 Å². The molecular weight excluding hydrogens is 604 g/mol. The van der Waals surface area contributed by atoms with Crippen molar-refractivity contribution in [1.29, 1.82) is 5.26 Å². The van der Waals surface area contributed by atoms with Gasteiger partial charge in [-0.15, -0.1) is 11.3 Å². The Hall–Kier alpha value is -5.30. The van der Waals surface area contributed by atoms with Crippen LogP contribution in [0.2, 0.25) is 5.02 Å². The summed E-state index contributed by atoms with van der Waals surface area (Å²) in [5.41, 5.74) is 4.32. The van der Waals surface area contributed by atoms with Crippen LogP contribution in [0.1, 0.15) is 48.6 Å².